The van der Waals surface area contributed by atoms with E-state index < -0.39 is 18.0 Å². The van der Waals surface area contributed by atoms with Gasteiger partial charge in [-0.25, -0.2) is 14.6 Å². The molecular formula is C34H30BrClN2O7S. The lowest BCUT2D eigenvalue weighted by atomic mass is 9.93. The molecule has 46 heavy (non-hydrogen) atoms. The smallest absolute Gasteiger partial charge is 0.338 e. The molecule has 1 N–H and O–H groups in total. The summed E-state index contributed by atoms with van der Waals surface area (Å²) in [4.78, 5) is 43.9. The lowest BCUT2D eigenvalue weighted by Crippen LogP contribution is -2.40. The van der Waals surface area contributed by atoms with Crippen LogP contribution >= 0.6 is 38.9 Å². The molecule has 1 aromatic heterocycles. The molecule has 1 aliphatic rings. The Hall–Kier alpha value is -4.19. The van der Waals surface area contributed by atoms with E-state index in [-0.39, 0.29) is 29.9 Å². The zero-order chi connectivity index (χ0) is 33.0. The third kappa shape index (κ3) is 6.96. The number of carbonyl (C=O) groups excluding carboxylic acids is 1. The van der Waals surface area contributed by atoms with Crippen LogP contribution in [0.1, 0.15) is 59.8 Å². The standard InChI is InChI=1S/C34H30BrClN2O7S/c1-4-6-25-29(33(42)44-5-2)30(23-17-22(36)12-14-26(23)43-3)38-31(39)28(46-34(38)37-25)16-20-9-13-27(24(35)15-20)45-18-19-7-10-21(11-8-19)32(40)41/h7-17,30H,4-6,18H2,1-3H3,(H,40,41)/b28-16+/t30-/m0/s1. The van der Waals surface area contributed by atoms with Gasteiger partial charge < -0.3 is 19.3 Å². The first kappa shape index (κ1) is 33.2. The summed E-state index contributed by atoms with van der Waals surface area (Å²) >= 11 is 11.2. The highest BCUT2D eigenvalue weighted by molar-refractivity contribution is 9.10. The molecule has 0 spiro atoms. The second kappa shape index (κ2) is 14.5. The number of carboxylic acids is 1. The molecule has 0 amide bonds. The summed E-state index contributed by atoms with van der Waals surface area (Å²) < 4.78 is 19.7. The van der Waals surface area contributed by atoms with Crippen molar-refractivity contribution in [1.29, 1.82) is 0 Å². The van der Waals surface area contributed by atoms with Crippen LogP contribution in [0.25, 0.3) is 6.08 Å². The Morgan fingerprint density at radius 2 is 1.83 bits per heavy atom. The van der Waals surface area contributed by atoms with E-state index in [1.165, 1.54) is 35.1 Å². The van der Waals surface area contributed by atoms with E-state index in [1.54, 1.807) is 49.4 Å². The van der Waals surface area contributed by atoms with Crippen LogP contribution in [0.4, 0.5) is 0 Å². The number of hydrogen-bond acceptors (Lipinski definition) is 8. The molecule has 9 nitrogen and oxygen atoms in total. The number of aromatic nitrogens is 1. The van der Waals surface area contributed by atoms with Gasteiger partial charge >= 0.3 is 11.9 Å². The Kier molecular flexibility index (Phi) is 10.5. The normalized spacial score (nSPS) is 14.5. The summed E-state index contributed by atoms with van der Waals surface area (Å²) in [7, 11) is 1.53. The molecule has 12 heteroatoms. The van der Waals surface area contributed by atoms with E-state index in [2.05, 4.69) is 15.9 Å². The van der Waals surface area contributed by atoms with Crippen LogP contribution in [-0.2, 0) is 16.1 Å². The number of halogens is 2. The summed E-state index contributed by atoms with van der Waals surface area (Å²) in [5.41, 5.74) is 2.83. The number of rotatable bonds is 11. The monoisotopic (exact) mass is 724 g/mol. The molecule has 2 heterocycles. The average Bonchev–Trinajstić information content (AvgIpc) is 3.34. The van der Waals surface area contributed by atoms with Crippen LogP contribution in [0.15, 0.2) is 86.2 Å². The van der Waals surface area contributed by atoms with Crippen molar-refractivity contribution < 1.29 is 28.9 Å². The van der Waals surface area contributed by atoms with Crippen LogP contribution in [0.5, 0.6) is 11.5 Å². The van der Waals surface area contributed by atoms with Crippen molar-refractivity contribution in [1.82, 2.24) is 4.57 Å². The topological polar surface area (TPSA) is 116 Å². The van der Waals surface area contributed by atoms with Gasteiger partial charge in [0.15, 0.2) is 4.80 Å². The van der Waals surface area contributed by atoms with Crippen molar-refractivity contribution >= 4 is 56.9 Å². The van der Waals surface area contributed by atoms with Crippen molar-refractivity contribution in [2.45, 2.75) is 39.3 Å². The van der Waals surface area contributed by atoms with Gasteiger partial charge in [-0.05, 0) is 88.9 Å². The highest BCUT2D eigenvalue weighted by atomic mass is 79.9. The quantitative estimate of drug-likeness (QED) is 0.181. The summed E-state index contributed by atoms with van der Waals surface area (Å²) in [5, 5.41) is 9.53. The Bertz CT molecular complexity index is 2020. The third-order valence-corrected chi connectivity index (χ3v) is 9.07. The van der Waals surface area contributed by atoms with Crippen LogP contribution in [-0.4, -0.2) is 35.3 Å². The van der Waals surface area contributed by atoms with Crippen molar-refractivity contribution in [3.8, 4) is 11.5 Å². The molecule has 0 aliphatic carbocycles. The predicted molar refractivity (Wildman–Crippen MR) is 180 cm³/mol. The van der Waals surface area contributed by atoms with Gasteiger partial charge in [0.1, 0.15) is 24.1 Å². The highest BCUT2D eigenvalue weighted by Gasteiger charge is 2.36. The first-order valence-corrected chi connectivity index (χ1v) is 16.4. The number of methoxy groups -OCH3 is 1. The number of esters is 1. The minimum atomic E-state index is -0.987. The van der Waals surface area contributed by atoms with Gasteiger partial charge in [-0.1, -0.05) is 54.5 Å². The zero-order valence-corrected chi connectivity index (χ0v) is 28.4. The first-order valence-electron chi connectivity index (χ1n) is 14.4. The van der Waals surface area contributed by atoms with Crippen molar-refractivity contribution in [3.05, 3.63) is 123 Å². The lowest BCUT2D eigenvalue weighted by Gasteiger charge is -2.27. The second-order valence-corrected chi connectivity index (χ2v) is 12.6. The number of hydrogen-bond donors (Lipinski definition) is 1. The van der Waals surface area contributed by atoms with Crippen molar-refractivity contribution in [3.63, 3.8) is 0 Å². The van der Waals surface area contributed by atoms with Crippen LogP contribution in [0.2, 0.25) is 5.02 Å². The molecule has 1 aliphatic heterocycles. The number of aromatic carboxylic acids is 1. The van der Waals surface area contributed by atoms with Gasteiger partial charge in [0.05, 0.1) is 39.6 Å². The fraction of sp³-hybridized carbons (Fsp3) is 0.235. The van der Waals surface area contributed by atoms with Gasteiger partial charge in [-0.2, -0.15) is 0 Å². The number of carboxylic acid groups (broad SMARTS) is 1. The highest BCUT2D eigenvalue weighted by Crippen LogP contribution is 2.38. The third-order valence-electron chi connectivity index (χ3n) is 7.23. The van der Waals surface area contributed by atoms with Gasteiger partial charge in [-0.3, -0.25) is 9.36 Å². The first-order chi connectivity index (χ1) is 22.1. The Balaban J connectivity index is 1.55. The van der Waals surface area contributed by atoms with E-state index in [4.69, 9.17) is 35.9 Å². The minimum absolute atomic E-state index is 0.164. The summed E-state index contributed by atoms with van der Waals surface area (Å²) in [6.07, 6.45) is 3.01. The molecule has 0 bridgehead atoms. The van der Waals surface area contributed by atoms with E-state index in [0.717, 1.165) is 17.5 Å². The number of allylic oxidation sites excluding steroid dienone is 1. The molecule has 0 radical (unpaired) electrons. The van der Waals surface area contributed by atoms with Crippen LogP contribution in [0.3, 0.4) is 0 Å². The van der Waals surface area contributed by atoms with E-state index in [0.29, 0.717) is 48.0 Å². The lowest BCUT2D eigenvalue weighted by molar-refractivity contribution is -0.139. The molecular weight excluding hydrogens is 696 g/mol. The number of benzene rings is 3. The average molecular weight is 726 g/mol. The van der Waals surface area contributed by atoms with E-state index in [9.17, 15) is 14.4 Å². The molecule has 0 fully saturated rings. The van der Waals surface area contributed by atoms with E-state index in [1.807, 2.05) is 19.1 Å². The summed E-state index contributed by atoms with van der Waals surface area (Å²) in [6, 6.07) is 16.2. The van der Waals surface area contributed by atoms with E-state index >= 15 is 0 Å². The fourth-order valence-corrected chi connectivity index (χ4v) is 6.83. The molecule has 0 saturated carbocycles. The number of nitrogens with zero attached hydrogens (tertiary/aromatic N) is 2. The number of thiazole rings is 1. The largest absolute Gasteiger partial charge is 0.496 e. The Morgan fingerprint density at radius 3 is 2.48 bits per heavy atom. The van der Waals surface area contributed by atoms with Gasteiger partial charge in [0, 0.05) is 10.6 Å². The van der Waals surface area contributed by atoms with Gasteiger partial charge in [-0.15, -0.1) is 0 Å². The SMILES string of the molecule is CCCC1=C(C(=O)OCC)[C@H](c2cc(Cl)ccc2OC)n2c(s/c(=C/c3ccc(OCc4ccc(C(=O)O)cc4)c(Br)c3)c2=O)=N1. The number of ether oxygens (including phenoxy) is 3. The maximum absolute atomic E-state index is 14.1. The van der Waals surface area contributed by atoms with Crippen LogP contribution in [0, 0.1) is 0 Å². The summed E-state index contributed by atoms with van der Waals surface area (Å²) in [5.74, 6) is -0.481. The molecule has 238 valence electrons. The van der Waals surface area contributed by atoms with Crippen LogP contribution < -0.4 is 24.4 Å². The molecule has 3 aromatic carbocycles. The molecule has 4 aromatic rings. The molecule has 0 unspecified atom stereocenters. The second-order valence-electron chi connectivity index (χ2n) is 10.3. The maximum Gasteiger partial charge on any atom is 0.338 e. The van der Waals surface area contributed by atoms with Crippen molar-refractivity contribution in [2.24, 2.45) is 4.99 Å². The summed E-state index contributed by atoms with van der Waals surface area (Å²) in [6.45, 7) is 4.13. The fourth-order valence-electron chi connectivity index (χ4n) is 5.11. The molecule has 5 rings (SSSR count). The maximum atomic E-state index is 14.1. The Morgan fingerprint density at radius 1 is 1.09 bits per heavy atom. The number of carbonyl (C=O) groups is 2. The Labute approximate surface area is 282 Å². The van der Waals surface area contributed by atoms with Gasteiger partial charge in [0.25, 0.3) is 5.56 Å². The zero-order valence-electron chi connectivity index (χ0n) is 25.2. The van der Waals surface area contributed by atoms with Crippen molar-refractivity contribution in [2.75, 3.05) is 13.7 Å². The molecule has 0 saturated heterocycles. The number of fused-ring (bicyclic) bond motifs is 1. The van der Waals surface area contributed by atoms with Gasteiger partial charge in [0.2, 0.25) is 0 Å². The molecule has 1 atom stereocenters. The minimum Gasteiger partial charge on any atom is -0.496 e. The predicted octanol–water partition coefficient (Wildman–Crippen LogP) is 6.28.